The van der Waals surface area contributed by atoms with Crippen LogP contribution < -0.4 is 16.0 Å². The van der Waals surface area contributed by atoms with Gasteiger partial charge in [0.05, 0.1) is 24.8 Å². The van der Waals surface area contributed by atoms with Crippen molar-refractivity contribution in [3.63, 3.8) is 0 Å². The maximum atomic E-state index is 12.1. The summed E-state index contributed by atoms with van der Waals surface area (Å²) in [6.07, 6.45) is -0.186. The molecule has 1 heterocycles. The molecule has 9 heteroatoms. The van der Waals surface area contributed by atoms with Crippen molar-refractivity contribution in [1.82, 2.24) is 16.0 Å². The highest BCUT2D eigenvalue weighted by atomic mass is 16.6. The van der Waals surface area contributed by atoms with Crippen LogP contribution >= 0.6 is 0 Å². The number of carbonyl (C=O) groups is 2. The second-order valence-corrected chi connectivity index (χ2v) is 13.4. The number of carbonyl (C=O) groups excluding carboxylic acids is 2. The van der Waals surface area contributed by atoms with Crippen molar-refractivity contribution in [3.8, 4) is 0 Å². The molecule has 0 aliphatic carbocycles. The molecule has 0 spiro atoms. The van der Waals surface area contributed by atoms with E-state index in [1.165, 1.54) is 5.56 Å². The van der Waals surface area contributed by atoms with Crippen LogP contribution in [0.2, 0.25) is 0 Å². The molecular formula is C34H53N3O6. The predicted octanol–water partition coefficient (Wildman–Crippen LogP) is 5.25. The lowest BCUT2D eigenvalue weighted by Gasteiger charge is -2.27. The zero-order valence-corrected chi connectivity index (χ0v) is 27.2. The summed E-state index contributed by atoms with van der Waals surface area (Å²) in [5.74, 6) is 0.503. The van der Waals surface area contributed by atoms with Crippen molar-refractivity contribution >= 4 is 12.2 Å². The van der Waals surface area contributed by atoms with Crippen LogP contribution in [0.3, 0.4) is 0 Å². The number of hydrogen-bond acceptors (Lipinski definition) is 7. The molecule has 2 aromatic rings. The number of epoxide rings is 1. The Kier molecular flexibility index (Phi) is 14.4. The molecule has 1 fully saturated rings. The molecule has 1 aliphatic rings. The van der Waals surface area contributed by atoms with Gasteiger partial charge in [-0.1, -0.05) is 74.5 Å². The van der Waals surface area contributed by atoms with Crippen LogP contribution in [0, 0.1) is 5.92 Å². The van der Waals surface area contributed by atoms with E-state index in [-0.39, 0.29) is 18.2 Å². The Bertz CT molecular complexity index is 1080. The summed E-state index contributed by atoms with van der Waals surface area (Å²) >= 11 is 0. The number of nitrogens with one attached hydrogen (secondary N) is 3. The molecule has 0 aromatic heterocycles. The second kappa shape index (κ2) is 17.2. The van der Waals surface area contributed by atoms with Crippen molar-refractivity contribution < 1.29 is 28.9 Å². The topological polar surface area (TPSA) is 121 Å². The van der Waals surface area contributed by atoms with E-state index in [1.54, 1.807) is 0 Å². The van der Waals surface area contributed by atoms with Gasteiger partial charge in [-0.2, -0.15) is 0 Å². The van der Waals surface area contributed by atoms with Gasteiger partial charge in [-0.05, 0) is 78.0 Å². The van der Waals surface area contributed by atoms with Gasteiger partial charge in [-0.15, -0.1) is 0 Å². The molecule has 0 saturated carbocycles. The summed E-state index contributed by atoms with van der Waals surface area (Å²) in [5.41, 5.74) is 1.19. The molecular weight excluding hydrogens is 546 g/mol. The highest BCUT2D eigenvalue weighted by molar-refractivity contribution is 5.68. The number of rotatable bonds is 12. The summed E-state index contributed by atoms with van der Waals surface area (Å²) in [5, 5.41) is 19.4. The standard InChI is InChI=1S/C19H32N2O3.C15H21NO3/c1-14(2)12-20-13-17(22)16(11-15-9-7-6-8-10-15)21-18(23)24-19(3,4)5;1-15(2,3)19-14(17)16-12(13-10-18-13)9-11-7-5-4-6-8-11/h6-10,14,16-17,20,22H,11-13H2,1-5H3,(H,21,23);4-8,12-13H,9-10H2,1-3H3,(H,16,17)/t16-,17+;12-,13+/m00/s1. The SMILES string of the molecule is CC(C)(C)OC(=O)N[C@@H](Cc1ccccc1)[C@H]1CO1.CC(C)CNC[C@@H](O)[C@H](Cc1ccccc1)NC(=O)OC(C)(C)C. The van der Waals surface area contributed by atoms with Crippen LogP contribution in [0.5, 0.6) is 0 Å². The molecule has 2 aromatic carbocycles. The Morgan fingerprint density at radius 1 is 0.814 bits per heavy atom. The third-order valence-electron chi connectivity index (χ3n) is 6.18. The lowest BCUT2D eigenvalue weighted by atomic mass is 10.0. The lowest BCUT2D eigenvalue weighted by molar-refractivity contribution is 0.0420. The van der Waals surface area contributed by atoms with Crippen LogP contribution in [0.15, 0.2) is 60.7 Å². The van der Waals surface area contributed by atoms with E-state index < -0.39 is 29.4 Å². The summed E-state index contributed by atoms with van der Waals surface area (Å²) in [6.45, 7) is 17.2. The first-order valence-corrected chi connectivity index (χ1v) is 15.2. The minimum atomic E-state index is -0.698. The van der Waals surface area contributed by atoms with Gasteiger partial charge in [-0.3, -0.25) is 0 Å². The monoisotopic (exact) mass is 599 g/mol. The third-order valence-corrected chi connectivity index (χ3v) is 6.18. The van der Waals surface area contributed by atoms with Gasteiger partial charge in [-0.25, -0.2) is 9.59 Å². The average Bonchev–Trinajstić information content (AvgIpc) is 3.73. The number of aliphatic hydroxyl groups excluding tert-OH is 1. The first-order chi connectivity index (χ1) is 20.1. The Morgan fingerprint density at radius 2 is 1.28 bits per heavy atom. The Balaban J connectivity index is 0.000000307. The quantitative estimate of drug-likeness (QED) is 0.246. The van der Waals surface area contributed by atoms with E-state index in [9.17, 15) is 14.7 Å². The van der Waals surface area contributed by atoms with E-state index >= 15 is 0 Å². The van der Waals surface area contributed by atoms with Crippen molar-refractivity contribution in [2.24, 2.45) is 5.92 Å². The molecule has 4 N–H and O–H groups in total. The minimum Gasteiger partial charge on any atom is -0.444 e. The minimum absolute atomic E-state index is 0.0303. The zero-order valence-electron chi connectivity index (χ0n) is 27.2. The molecule has 1 aliphatic heterocycles. The van der Waals surface area contributed by atoms with E-state index in [0.29, 0.717) is 25.5 Å². The Labute approximate surface area is 258 Å². The third kappa shape index (κ3) is 16.9. The van der Waals surface area contributed by atoms with Crippen molar-refractivity contribution in [2.75, 3.05) is 19.7 Å². The van der Waals surface area contributed by atoms with Gasteiger partial charge in [0, 0.05) is 6.54 Å². The zero-order chi connectivity index (χ0) is 32.0. The van der Waals surface area contributed by atoms with Crippen LogP contribution in [0.1, 0.15) is 66.5 Å². The molecule has 9 nitrogen and oxygen atoms in total. The normalized spacial score (nSPS) is 16.7. The van der Waals surface area contributed by atoms with Crippen molar-refractivity contribution in [2.45, 2.75) is 104 Å². The number of ether oxygens (including phenoxy) is 3. The molecule has 4 atom stereocenters. The van der Waals surface area contributed by atoms with E-state index in [0.717, 1.165) is 18.5 Å². The molecule has 0 unspecified atom stereocenters. The van der Waals surface area contributed by atoms with E-state index in [2.05, 4.69) is 29.8 Å². The van der Waals surface area contributed by atoms with Crippen LogP contribution in [0.4, 0.5) is 9.59 Å². The van der Waals surface area contributed by atoms with Crippen molar-refractivity contribution in [1.29, 1.82) is 0 Å². The fourth-order valence-corrected chi connectivity index (χ4v) is 4.16. The van der Waals surface area contributed by atoms with Crippen LogP contribution in [-0.2, 0) is 27.1 Å². The Morgan fingerprint density at radius 3 is 1.72 bits per heavy atom. The van der Waals surface area contributed by atoms with E-state index in [1.807, 2.05) is 102 Å². The molecule has 43 heavy (non-hydrogen) atoms. The average molecular weight is 600 g/mol. The highest BCUT2D eigenvalue weighted by Crippen LogP contribution is 2.19. The predicted molar refractivity (Wildman–Crippen MR) is 170 cm³/mol. The summed E-state index contributed by atoms with van der Waals surface area (Å²) < 4.78 is 15.9. The van der Waals surface area contributed by atoms with Gasteiger partial charge in [0.1, 0.15) is 17.3 Å². The van der Waals surface area contributed by atoms with Gasteiger partial charge < -0.3 is 35.3 Å². The fraction of sp³-hybridized carbons (Fsp3) is 0.588. The summed E-state index contributed by atoms with van der Waals surface area (Å²) in [7, 11) is 0. The number of alkyl carbamates (subject to hydrolysis) is 2. The first kappa shape index (κ1) is 36.1. The summed E-state index contributed by atoms with van der Waals surface area (Å²) in [6, 6.07) is 19.4. The maximum Gasteiger partial charge on any atom is 0.407 e. The van der Waals surface area contributed by atoms with Gasteiger partial charge >= 0.3 is 12.2 Å². The maximum absolute atomic E-state index is 12.1. The van der Waals surface area contributed by atoms with E-state index in [4.69, 9.17) is 14.2 Å². The molecule has 2 amide bonds. The van der Waals surface area contributed by atoms with Gasteiger partial charge in [0.15, 0.2) is 0 Å². The number of aliphatic hydroxyl groups is 1. The highest BCUT2D eigenvalue weighted by Gasteiger charge is 2.35. The molecule has 3 rings (SSSR count). The number of hydrogen-bond donors (Lipinski definition) is 4. The second-order valence-electron chi connectivity index (χ2n) is 13.4. The van der Waals surface area contributed by atoms with Crippen LogP contribution in [0.25, 0.3) is 0 Å². The molecule has 0 bridgehead atoms. The first-order valence-electron chi connectivity index (χ1n) is 15.2. The Hall–Kier alpha value is -3.14. The molecule has 240 valence electrons. The number of amides is 2. The molecule has 1 saturated heterocycles. The largest absolute Gasteiger partial charge is 0.444 e. The number of benzene rings is 2. The van der Waals surface area contributed by atoms with Gasteiger partial charge in [0.2, 0.25) is 0 Å². The van der Waals surface area contributed by atoms with Crippen LogP contribution in [-0.4, -0.2) is 72.5 Å². The lowest BCUT2D eigenvalue weighted by Crippen LogP contribution is -2.50. The van der Waals surface area contributed by atoms with Gasteiger partial charge in [0.25, 0.3) is 0 Å². The summed E-state index contributed by atoms with van der Waals surface area (Å²) in [4.78, 5) is 23.9. The fourth-order valence-electron chi connectivity index (χ4n) is 4.16. The molecule has 0 radical (unpaired) electrons. The van der Waals surface area contributed by atoms with Crippen molar-refractivity contribution in [3.05, 3.63) is 71.8 Å². The smallest absolute Gasteiger partial charge is 0.407 e.